The summed E-state index contributed by atoms with van der Waals surface area (Å²) in [5.74, 6) is 10.3. The highest BCUT2D eigenvalue weighted by atomic mass is 14.5. The fourth-order valence-corrected chi connectivity index (χ4v) is 11.3. The van der Waals surface area contributed by atoms with Crippen molar-refractivity contribution in [2.24, 2.45) is 76.4 Å². The molecule has 0 aromatic carbocycles. The normalized spacial score (nSPS) is 27.9. The molecule has 0 nitrogen and oxygen atoms in total. The van der Waals surface area contributed by atoms with Gasteiger partial charge >= 0.3 is 0 Å². The lowest BCUT2D eigenvalue weighted by Crippen LogP contribution is -2.45. The van der Waals surface area contributed by atoms with Gasteiger partial charge in [-0.15, -0.1) is 0 Å². The van der Waals surface area contributed by atoms with Crippen LogP contribution >= 0.6 is 0 Å². The van der Waals surface area contributed by atoms with Gasteiger partial charge in [-0.3, -0.25) is 0 Å². The fourth-order valence-electron chi connectivity index (χ4n) is 11.3. The molecule has 44 heavy (non-hydrogen) atoms. The van der Waals surface area contributed by atoms with Gasteiger partial charge in [0, 0.05) is 0 Å². The van der Waals surface area contributed by atoms with Crippen LogP contribution in [-0.4, -0.2) is 0 Å². The molecule has 0 saturated heterocycles. The average Bonchev–Trinajstić information content (AvgIpc) is 3.01. The van der Waals surface area contributed by atoms with Crippen molar-refractivity contribution in [3.05, 3.63) is 0 Å². The first-order valence-corrected chi connectivity index (χ1v) is 20.9. The van der Waals surface area contributed by atoms with Gasteiger partial charge in [-0.1, -0.05) is 180 Å². The third-order valence-electron chi connectivity index (χ3n) is 14.7. The minimum atomic E-state index is 0.530. The fraction of sp³-hybridized carbons (Fsp3) is 1.00. The van der Waals surface area contributed by atoms with E-state index in [-0.39, 0.29) is 0 Å². The molecule has 12 unspecified atom stereocenters. The lowest BCUT2D eigenvalue weighted by atomic mass is 9.52. The molecular weight excluding hydrogens is 528 g/mol. The van der Waals surface area contributed by atoms with Crippen LogP contribution in [-0.2, 0) is 0 Å². The van der Waals surface area contributed by atoms with Gasteiger partial charge in [0.15, 0.2) is 0 Å². The maximum atomic E-state index is 2.73. The smallest absolute Gasteiger partial charge is 0.0241 e. The Kier molecular flexibility index (Phi) is 20.8. The molecule has 0 aromatic heterocycles. The largest absolute Gasteiger partial charge is 0.0651 e. The van der Waals surface area contributed by atoms with Crippen molar-refractivity contribution < 1.29 is 0 Å². The van der Waals surface area contributed by atoms with E-state index in [0.717, 1.165) is 71.0 Å². The molecule has 0 N–H and O–H groups in total. The van der Waals surface area contributed by atoms with Crippen LogP contribution in [0.4, 0.5) is 0 Å². The third kappa shape index (κ3) is 11.6. The molecule has 0 radical (unpaired) electrons. The zero-order chi connectivity index (χ0) is 33.4. The Hall–Kier alpha value is 0. The summed E-state index contributed by atoms with van der Waals surface area (Å²) in [6.45, 7) is 35.8. The third-order valence-corrected chi connectivity index (χ3v) is 14.7. The molecule has 264 valence electrons. The van der Waals surface area contributed by atoms with E-state index in [4.69, 9.17) is 0 Å². The second-order valence-electron chi connectivity index (χ2n) is 17.3. The van der Waals surface area contributed by atoms with E-state index >= 15 is 0 Å². The molecule has 1 aliphatic carbocycles. The summed E-state index contributed by atoms with van der Waals surface area (Å²) in [6.07, 6.45) is 24.1. The molecule has 1 aliphatic rings. The monoisotopic (exact) mass is 617 g/mol. The van der Waals surface area contributed by atoms with E-state index in [1.54, 1.807) is 0 Å². The van der Waals surface area contributed by atoms with Crippen LogP contribution in [0.15, 0.2) is 0 Å². The van der Waals surface area contributed by atoms with Crippen molar-refractivity contribution in [2.45, 2.75) is 206 Å². The lowest BCUT2D eigenvalue weighted by molar-refractivity contribution is -0.0406. The van der Waals surface area contributed by atoms with Gasteiger partial charge in [0.1, 0.15) is 0 Å². The van der Waals surface area contributed by atoms with E-state index in [2.05, 4.69) is 96.9 Å². The van der Waals surface area contributed by atoms with E-state index < -0.39 is 0 Å². The lowest BCUT2D eigenvalue weighted by Gasteiger charge is -2.53. The van der Waals surface area contributed by atoms with Gasteiger partial charge in [-0.2, -0.15) is 0 Å². The zero-order valence-corrected chi connectivity index (χ0v) is 33.4. The Labute approximate surface area is 281 Å². The van der Waals surface area contributed by atoms with Crippen molar-refractivity contribution in [3.63, 3.8) is 0 Å². The second kappa shape index (κ2) is 21.8. The highest BCUT2D eigenvalue weighted by Gasteiger charge is 2.47. The maximum absolute atomic E-state index is 2.73. The Morgan fingerprint density at radius 2 is 1.23 bits per heavy atom. The first-order valence-electron chi connectivity index (χ1n) is 20.9. The van der Waals surface area contributed by atoms with Crippen LogP contribution in [0.2, 0.25) is 0 Å². The number of hydrogen-bond acceptors (Lipinski definition) is 0. The van der Waals surface area contributed by atoms with Gasteiger partial charge < -0.3 is 0 Å². The maximum Gasteiger partial charge on any atom is -0.0241 e. The Balaban J connectivity index is 3.27. The summed E-state index contributed by atoms with van der Waals surface area (Å²) in [6, 6.07) is 0. The summed E-state index contributed by atoms with van der Waals surface area (Å²) < 4.78 is 0. The van der Waals surface area contributed by atoms with Crippen molar-refractivity contribution in [1.29, 1.82) is 0 Å². The Bertz CT molecular complexity index is 692. The summed E-state index contributed by atoms with van der Waals surface area (Å²) >= 11 is 0. The molecule has 0 heterocycles. The van der Waals surface area contributed by atoms with Crippen LogP contribution in [0.1, 0.15) is 206 Å². The highest BCUT2D eigenvalue weighted by molar-refractivity contribution is 4.97. The van der Waals surface area contributed by atoms with E-state index in [9.17, 15) is 0 Å². The van der Waals surface area contributed by atoms with Crippen molar-refractivity contribution in [1.82, 2.24) is 0 Å². The number of hydrogen-bond donors (Lipinski definition) is 0. The van der Waals surface area contributed by atoms with Crippen molar-refractivity contribution >= 4 is 0 Å². The van der Waals surface area contributed by atoms with Crippen LogP contribution < -0.4 is 0 Å². The Morgan fingerprint density at radius 3 is 1.75 bits per heavy atom. The van der Waals surface area contributed by atoms with Gasteiger partial charge in [0.2, 0.25) is 0 Å². The predicted molar refractivity (Wildman–Crippen MR) is 202 cm³/mol. The van der Waals surface area contributed by atoms with Crippen LogP contribution in [0, 0.1) is 76.4 Å². The SMILES string of the molecule is CCC(C)C(CCC(CC)C(C(C)CC)C(C)CCCCC(C)C)C(C)C(CC)C(CC)C1(CC)CCCCCC(C)C1C. The van der Waals surface area contributed by atoms with Crippen LogP contribution in [0.5, 0.6) is 0 Å². The first-order chi connectivity index (χ1) is 20.9. The summed E-state index contributed by atoms with van der Waals surface area (Å²) in [5, 5.41) is 0. The molecule has 1 saturated carbocycles. The molecular formula is C44H88. The summed E-state index contributed by atoms with van der Waals surface area (Å²) in [5.41, 5.74) is 0.530. The second-order valence-corrected chi connectivity index (χ2v) is 17.3. The summed E-state index contributed by atoms with van der Waals surface area (Å²) in [7, 11) is 0. The number of rotatable bonds is 22. The highest BCUT2D eigenvalue weighted by Crippen LogP contribution is 2.56. The molecule has 0 amide bonds. The molecule has 0 spiro atoms. The number of unbranched alkanes of at least 4 members (excludes halogenated alkanes) is 1. The molecule has 0 aromatic rings. The molecule has 1 fully saturated rings. The van der Waals surface area contributed by atoms with Gasteiger partial charge in [0.05, 0.1) is 0 Å². The first kappa shape index (κ1) is 42.0. The molecule has 1 rings (SSSR count). The van der Waals surface area contributed by atoms with Gasteiger partial charge in [-0.25, -0.2) is 0 Å². The van der Waals surface area contributed by atoms with E-state index in [1.165, 1.54) is 109 Å². The quantitative estimate of drug-likeness (QED) is 0.106. The van der Waals surface area contributed by atoms with Crippen LogP contribution in [0.25, 0.3) is 0 Å². The standard InChI is InChI=1S/C44H88/c1-15-33(9)41(30-29-39(17-3)43(34(10)16-2)36(12)28-24-23-26-32(7)8)37(13)40(18-4)42(19-5)44(20-6)31-25-21-22-27-35(11)38(44)14/h32-43H,15-31H2,1-14H3. The topological polar surface area (TPSA) is 0 Å². The minimum absolute atomic E-state index is 0.530. The predicted octanol–water partition coefficient (Wildman–Crippen LogP) is 15.3. The van der Waals surface area contributed by atoms with Crippen LogP contribution in [0.3, 0.4) is 0 Å². The van der Waals surface area contributed by atoms with Gasteiger partial charge in [0.25, 0.3) is 0 Å². The van der Waals surface area contributed by atoms with E-state index in [1.807, 2.05) is 0 Å². The van der Waals surface area contributed by atoms with E-state index in [0.29, 0.717) is 5.41 Å². The Morgan fingerprint density at radius 1 is 0.591 bits per heavy atom. The zero-order valence-electron chi connectivity index (χ0n) is 33.4. The average molecular weight is 617 g/mol. The molecule has 0 bridgehead atoms. The molecule has 0 aliphatic heterocycles. The summed E-state index contributed by atoms with van der Waals surface area (Å²) in [4.78, 5) is 0. The minimum Gasteiger partial charge on any atom is -0.0651 e. The van der Waals surface area contributed by atoms with Gasteiger partial charge in [-0.05, 0) is 102 Å². The van der Waals surface area contributed by atoms with Crippen molar-refractivity contribution in [2.75, 3.05) is 0 Å². The molecule has 0 heteroatoms. The van der Waals surface area contributed by atoms with Crippen molar-refractivity contribution in [3.8, 4) is 0 Å². The molecule has 12 atom stereocenters.